The number of likely N-dealkylation sites (tertiary alicyclic amines) is 1. The Morgan fingerprint density at radius 3 is 2.39 bits per heavy atom. The number of oxazole rings is 1. The number of nitrogens with zero attached hydrogens (tertiary/aromatic N) is 3. The van der Waals surface area contributed by atoms with Gasteiger partial charge in [0.05, 0.1) is 12.1 Å². The molecule has 0 saturated carbocycles. The number of aromatic nitrogens is 1. The third-order valence-corrected chi connectivity index (χ3v) is 5.50. The van der Waals surface area contributed by atoms with Crippen molar-refractivity contribution in [2.45, 2.75) is 38.7 Å². The number of halogens is 4. The summed E-state index contributed by atoms with van der Waals surface area (Å²) < 4.78 is 58.2. The summed E-state index contributed by atoms with van der Waals surface area (Å²) in [5.74, 6) is -0.280. The van der Waals surface area contributed by atoms with Gasteiger partial charge in [-0.3, -0.25) is 9.69 Å². The molecule has 0 radical (unpaired) electrons. The lowest BCUT2D eigenvalue weighted by Crippen LogP contribution is -2.28. The second-order valence-electron chi connectivity index (χ2n) is 8.10. The standard InChI is InChI=1S/C24H23F4N3O2/c25-20-8-6-17(7-9-20)13-30(14-18-4-3-5-19(12-18)24(26,27)28)15-22-29-21(16-33-22)23(32)31-10-1-2-11-31/h3-9,12,16H,1-2,10-11,13-15H2. The smallest absolute Gasteiger partial charge is 0.416 e. The SMILES string of the molecule is O=C(c1coc(CN(Cc2ccc(F)cc2)Cc2cccc(C(F)(F)F)c2)n1)N1CCCC1. The van der Waals surface area contributed by atoms with Gasteiger partial charge < -0.3 is 9.32 Å². The molecule has 1 aliphatic rings. The maximum absolute atomic E-state index is 13.3. The van der Waals surface area contributed by atoms with Gasteiger partial charge in [-0.1, -0.05) is 30.3 Å². The minimum Gasteiger partial charge on any atom is -0.447 e. The predicted octanol–water partition coefficient (Wildman–Crippen LogP) is 5.27. The van der Waals surface area contributed by atoms with Gasteiger partial charge in [-0.05, 0) is 42.2 Å². The topological polar surface area (TPSA) is 49.6 Å². The maximum Gasteiger partial charge on any atom is 0.416 e. The second-order valence-corrected chi connectivity index (χ2v) is 8.10. The van der Waals surface area contributed by atoms with E-state index in [9.17, 15) is 22.4 Å². The lowest BCUT2D eigenvalue weighted by molar-refractivity contribution is -0.137. The molecule has 0 atom stereocenters. The van der Waals surface area contributed by atoms with Crippen molar-refractivity contribution in [1.82, 2.24) is 14.8 Å². The highest BCUT2D eigenvalue weighted by molar-refractivity contribution is 5.92. The zero-order valence-corrected chi connectivity index (χ0v) is 17.8. The summed E-state index contributed by atoms with van der Waals surface area (Å²) in [6.45, 7) is 2.05. The zero-order valence-electron chi connectivity index (χ0n) is 17.8. The van der Waals surface area contributed by atoms with Crippen LogP contribution in [0.1, 0.15) is 45.9 Å². The number of carbonyl (C=O) groups is 1. The molecule has 9 heteroatoms. The molecule has 1 aliphatic heterocycles. The fraction of sp³-hybridized carbons (Fsp3) is 0.333. The number of rotatable bonds is 7. The van der Waals surface area contributed by atoms with Gasteiger partial charge in [-0.15, -0.1) is 0 Å². The number of carbonyl (C=O) groups excluding carboxylic acids is 1. The van der Waals surface area contributed by atoms with Crippen LogP contribution in [-0.4, -0.2) is 33.8 Å². The Labute approximate surface area is 188 Å². The monoisotopic (exact) mass is 461 g/mol. The summed E-state index contributed by atoms with van der Waals surface area (Å²) >= 11 is 0. The van der Waals surface area contributed by atoms with Crippen LogP contribution in [0.5, 0.6) is 0 Å². The zero-order chi connectivity index (χ0) is 23.4. The van der Waals surface area contributed by atoms with E-state index in [1.807, 2.05) is 4.90 Å². The molecule has 1 amide bonds. The van der Waals surface area contributed by atoms with Gasteiger partial charge in [-0.25, -0.2) is 9.37 Å². The Balaban J connectivity index is 1.53. The van der Waals surface area contributed by atoms with E-state index in [-0.39, 0.29) is 36.4 Å². The van der Waals surface area contributed by atoms with Gasteiger partial charge in [0.1, 0.15) is 12.1 Å². The fourth-order valence-corrected chi connectivity index (χ4v) is 3.88. The molecule has 4 rings (SSSR count). The second kappa shape index (κ2) is 9.74. The van der Waals surface area contributed by atoms with Gasteiger partial charge in [0, 0.05) is 26.2 Å². The van der Waals surface area contributed by atoms with Crippen LogP contribution in [0.3, 0.4) is 0 Å². The summed E-state index contributed by atoms with van der Waals surface area (Å²) in [5.41, 5.74) is 0.735. The number of hydrogen-bond acceptors (Lipinski definition) is 4. The van der Waals surface area contributed by atoms with E-state index < -0.39 is 11.7 Å². The van der Waals surface area contributed by atoms with E-state index >= 15 is 0 Å². The average molecular weight is 461 g/mol. The van der Waals surface area contributed by atoms with Gasteiger partial charge in [0.25, 0.3) is 5.91 Å². The van der Waals surface area contributed by atoms with E-state index in [0.29, 0.717) is 25.2 Å². The number of hydrogen-bond donors (Lipinski definition) is 0. The Bertz CT molecular complexity index is 1090. The molecular weight excluding hydrogens is 438 g/mol. The average Bonchev–Trinajstić information content (AvgIpc) is 3.47. The molecule has 2 heterocycles. The lowest BCUT2D eigenvalue weighted by Gasteiger charge is -2.21. The highest BCUT2D eigenvalue weighted by atomic mass is 19.4. The molecule has 2 aromatic carbocycles. The van der Waals surface area contributed by atoms with E-state index in [2.05, 4.69) is 4.98 Å². The van der Waals surface area contributed by atoms with Crippen molar-refractivity contribution in [2.24, 2.45) is 0 Å². The Morgan fingerprint density at radius 2 is 1.70 bits per heavy atom. The van der Waals surface area contributed by atoms with Crippen LogP contribution in [0.25, 0.3) is 0 Å². The minimum absolute atomic E-state index is 0.168. The van der Waals surface area contributed by atoms with Crippen molar-refractivity contribution in [3.8, 4) is 0 Å². The van der Waals surface area contributed by atoms with E-state index in [1.165, 1.54) is 24.5 Å². The molecule has 0 unspecified atom stereocenters. The van der Waals surface area contributed by atoms with Crippen LogP contribution < -0.4 is 0 Å². The molecule has 1 fully saturated rings. The lowest BCUT2D eigenvalue weighted by atomic mass is 10.1. The first-order chi connectivity index (χ1) is 15.8. The van der Waals surface area contributed by atoms with Crippen molar-refractivity contribution in [3.05, 3.63) is 88.9 Å². The molecule has 33 heavy (non-hydrogen) atoms. The third-order valence-electron chi connectivity index (χ3n) is 5.50. The molecule has 0 N–H and O–H groups in total. The van der Waals surface area contributed by atoms with Crippen molar-refractivity contribution >= 4 is 5.91 Å². The minimum atomic E-state index is -4.44. The van der Waals surface area contributed by atoms with Crippen LogP contribution in [0.4, 0.5) is 17.6 Å². The van der Waals surface area contributed by atoms with Crippen molar-refractivity contribution in [1.29, 1.82) is 0 Å². The molecular formula is C24H23F4N3O2. The van der Waals surface area contributed by atoms with Gasteiger partial charge in [0.15, 0.2) is 5.69 Å². The Kier molecular flexibility index (Phi) is 6.78. The largest absolute Gasteiger partial charge is 0.447 e. The first-order valence-electron chi connectivity index (χ1n) is 10.6. The van der Waals surface area contributed by atoms with Crippen LogP contribution in [-0.2, 0) is 25.8 Å². The molecule has 5 nitrogen and oxygen atoms in total. The summed E-state index contributed by atoms with van der Waals surface area (Å²) in [5, 5.41) is 0. The fourth-order valence-electron chi connectivity index (χ4n) is 3.88. The molecule has 3 aromatic rings. The van der Waals surface area contributed by atoms with Gasteiger partial charge in [-0.2, -0.15) is 13.2 Å². The van der Waals surface area contributed by atoms with Crippen molar-refractivity contribution in [2.75, 3.05) is 13.1 Å². The summed E-state index contributed by atoms with van der Waals surface area (Å²) in [7, 11) is 0. The normalized spacial score (nSPS) is 14.3. The molecule has 0 aliphatic carbocycles. The Hall–Kier alpha value is -3.20. The summed E-state index contributed by atoms with van der Waals surface area (Å²) in [6, 6.07) is 11.0. The van der Waals surface area contributed by atoms with E-state index in [1.54, 1.807) is 23.1 Å². The quantitative estimate of drug-likeness (QED) is 0.450. The number of benzene rings is 2. The van der Waals surface area contributed by atoms with Gasteiger partial charge >= 0.3 is 6.18 Å². The first kappa shape index (κ1) is 23.0. The molecule has 174 valence electrons. The molecule has 0 bridgehead atoms. The number of alkyl halides is 3. The van der Waals surface area contributed by atoms with E-state index in [0.717, 1.165) is 30.5 Å². The highest BCUT2D eigenvalue weighted by Crippen LogP contribution is 2.30. The van der Waals surface area contributed by atoms with Crippen molar-refractivity contribution in [3.63, 3.8) is 0 Å². The van der Waals surface area contributed by atoms with Crippen LogP contribution in [0.15, 0.2) is 59.2 Å². The molecule has 1 saturated heterocycles. The predicted molar refractivity (Wildman–Crippen MR) is 112 cm³/mol. The number of amides is 1. The van der Waals surface area contributed by atoms with Crippen LogP contribution in [0.2, 0.25) is 0 Å². The van der Waals surface area contributed by atoms with Gasteiger partial charge in [0.2, 0.25) is 5.89 Å². The highest BCUT2D eigenvalue weighted by Gasteiger charge is 2.30. The Morgan fingerprint density at radius 1 is 1.00 bits per heavy atom. The summed E-state index contributed by atoms with van der Waals surface area (Å²) in [6.07, 6.45) is -1.21. The van der Waals surface area contributed by atoms with Crippen LogP contribution >= 0.6 is 0 Å². The molecule has 0 spiro atoms. The maximum atomic E-state index is 13.3. The first-order valence-corrected chi connectivity index (χ1v) is 10.6. The molecule has 1 aromatic heterocycles. The van der Waals surface area contributed by atoms with E-state index in [4.69, 9.17) is 4.42 Å². The summed E-state index contributed by atoms with van der Waals surface area (Å²) in [4.78, 5) is 20.4. The third kappa shape index (κ3) is 5.98. The van der Waals surface area contributed by atoms with Crippen molar-refractivity contribution < 1.29 is 26.8 Å². The van der Waals surface area contributed by atoms with Crippen LogP contribution in [0, 0.1) is 5.82 Å².